The number of anilines is 1. The van der Waals surface area contributed by atoms with E-state index in [4.69, 9.17) is 4.74 Å². The lowest BCUT2D eigenvalue weighted by molar-refractivity contribution is 0.0951. The predicted molar refractivity (Wildman–Crippen MR) is 103 cm³/mol. The van der Waals surface area contributed by atoms with Gasteiger partial charge in [0.25, 0.3) is 11.8 Å². The highest BCUT2D eigenvalue weighted by Crippen LogP contribution is 2.24. The third-order valence-corrected chi connectivity index (χ3v) is 3.94. The highest BCUT2D eigenvalue weighted by atomic mass is 16.5. The van der Waals surface area contributed by atoms with Crippen molar-refractivity contribution in [3.05, 3.63) is 60.2 Å². The van der Waals surface area contributed by atoms with Gasteiger partial charge in [0.15, 0.2) is 5.69 Å². The molecule has 0 aliphatic heterocycles. The molecule has 0 radical (unpaired) electrons. The van der Waals surface area contributed by atoms with Gasteiger partial charge in [-0.25, -0.2) is 4.98 Å². The molecule has 140 valence electrons. The van der Waals surface area contributed by atoms with Gasteiger partial charge in [-0.3, -0.25) is 14.0 Å². The minimum atomic E-state index is -0.419. The fourth-order valence-corrected chi connectivity index (χ4v) is 2.72. The second-order valence-corrected chi connectivity index (χ2v) is 5.88. The Balaban J connectivity index is 1.95. The number of carbonyl (C=O) groups excluding carboxylic acids is 2. The summed E-state index contributed by atoms with van der Waals surface area (Å²) in [4.78, 5) is 29.6. The van der Waals surface area contributed by atoms with E-state index in [1.807, 2.05) is 26.0 Å². The van der Waals surface area contributed by atoms with Gasteiger partial charge in [0.2, 0.25) is 5.82 Å². The van der Waals surface area contributed by atoms with Crippen molar-refractivity contribution in [2.24, 2.45) is 0 Å². The summed E-state index contributed by atoms with van der Waals surface area (Å²) in [5.74, 6) is 0.000819. The smallest absolute Gasteiger partial charge is 0.292 e. The second-order valence-electron chi connectivity index (χ2n) is 5.88. The van der Waals surface area contributed by atoms with Crippen LogP contribution in [0.2, 0.25) is 0 Å². The van der Waals surface area contributed by atoms with Crippen LogP contribution < -0.4 is 15.4 Å². The van der Waals surface area contributed by atoms with Crippen molar-refractivity contribution in [3.8, 4) is 5.75 Å². The molecular formula is C20H22N4O3. The molecule has 0 spiro atoms. The first kappa shape index (κ1) is 18.4. The molecule has 0 fully saturated rings. The number of hydrogen-bond donors (Lipinski definition) is 2. The Morgan fingerprint density at radius 1 is 1.07 bits per heavy atom. The minimum Gasteiger partial charge on any atom is -0.492 e. The maximum atomic E-state index is 12.9. The zero-order valence-corrected chi connectivity index (χ0v) is 15.4. The number of nitrogens with one attached hydrogen (secondary N) is 2. The molecule has 2 aromatic heterocycles. The normalized spacial score (nSPS) is 10.6. The first-order valence-corrected chi connectivity index (χ1v) is 8.94. The molecule has 0 aliphatic carbocycles. The molecule has 0 aliphatic rings. The Bertz CT molecular complexity index is 965. The van der Waals surface area contributed by atoms with E-state index in [0.717, 1.165) is 6.42 Å². The lowest BCUT2D eigenvalue weighted by Crippen LogP contribution is -2.24. The molecule has 27 heavy (non-hydrogen) atoms. The number of aromatic nitrogens is 2. The van der Waals surface area contributed by atoms with Crippen LogP contribution in [0.15, 0.2) is 48.7 Å². The van der Waals surface area contributed by atoms with Gasteiger partial charge >= 0.3 is 0 Å². The molecule has 0 bridgehead atoms. The molecule has 0 saturated heterocycles. The van der Waals surface area contributed by atoms with Gasteiger partial charge in [0.05, 0.1) is 17.8 Å². The summed E-state index contributed by atoms with van der Waals surface area (Å²) >= 11 is 0. The first-order chi connectivity index (χ1) is 13.2. The zero-order valence-electron chi connectivity index (χ0n) is 15.4. The number of fused-ring (bicyclic) bond motifs is 1. The van der Waals surface area contributed by atoms with Crippen molar-refractivity contribution in [1.29, 1.82) is 0 Å². The highest BCUT2D eigenvalue weighted by molar-refractivity contribution is 6.06. The SMILES string of the molecule is CCCNC(=O)c1nc(C(=O)Nc2ccccc2OCC)n2ccccc12. The monoisotopic (exact) mass is 366 g/mol. The second kappa shape index (κ2) is 8.35. The number of para-hydroxylation sites is 2. The number of nitrogens with zero attached hydrogens (tertiary/aromatic N) is 2. The van der Waals surface area contributed by atoms with Crippen LogP contribution >= 0.6 is 0 Å². The standard InChI is InChI=1S/C20H22N4O3/c1-3-12-21-19(25)17-15-10-7-8-13-24(15)18(23-17)20(26)22-14-9-5-6-11-16(14)27-4-2/h5-11,13H,3-4,12H2,1-2H3,(H,21,25)(H,22,26). The number of pyridine rings is 1. The van der Waals surface area contributed by atoms with Crippen molar-refractivity contribution in [2.75, 3.05) is 18.5 Å². The Labute approximate surface area is 157 Å². The summed E-state index contributed by atoms with van der Waals surface area (Å²) in [6.45, 7) is 4.89. The summed E-state index contributed by atoms with van der Waals surface area (Å²) in [5.41, 5.74) is 1.36. The van der Waals surface area contributed by atoms with Crippen LogP contribution in [-0.2, 0) is 0 Å². The Hall–Kier alpha value is -3.35. The average molecular weight is 366 g/mol. The predicted octanol–water partition coefficient (Wildman–Crippen LogP) is 3.13. The Morgan fingerprint density at radius 2 is 1.85 bits per heavy atom. The number of carbonyl (C=O) groups is 2. The third kappa shape index (κ3) is 3.92. The summed E-state index contributed by atoms with van der Waals surface area (Å²) in [6.07, 6.45) is 2.53. The van der Waals surface area contributed by atoms with E-state index in [9.17, 15) is 9.59 Å². The highest BCUT2D eigenvalue weighted by Gasteiger charge is 2.21. The lowest BCUT2D eigenvalue weighted by Gasteiger charge is -2.10. The molecule has 7 heteroatoms. The van der Waals surface area contributed by atoms with Crippen LogP contribution in [0, 0.1) is 0 Å². The molecule has 2 amide bonds. The van der Waals surface area contributed by atoms with Gasteiger partial charge in [-0.05, 0) is 37.6 Å². The summed E-state index contributed by atoms with van der Waals surface area (Å²) in [5, 5.41) is 5.62. The van der Waals surface area contributed by atoms with E-state index >= 15 is 0 Å². The fraction of sp³-hybridized carbons (Fsp3) is 0.250. The molecule has 3 aromatic rings. The van der Waals surface area contributed by atoms with Crippen molar-refractivity contribution >= 4 is 23.0 Å². The molecule has 7 nitrogen and oxygen atoms in total. The molecular weight excluding hydrogens is 344 g/mol. The number of hydrogen-bond acceptors (Lipinski definition) is 4. The van der Waals surface area contributed by atoms with Crippen molar-refractivity contribution < 1.29 is 14.3 Å². The zero-order chi connectivity index (χ0) is 19.2. The lowest BCUT2D eigenvalue weighted by atomic mass is 10.3. The Morgan fingerprint density at radius 3 is 2.63 bits per heavy atom. The summed E-state index contributed by atoms with van der Waals surface area (Å²) < 4.78 is 7.15. The van der Waals surface area contributed by atoms with Crippen LogP contribution in [0.25, 0.3) is 5.52 Å². The number of amides is 2. The molecule has 0 saturated carbocycles. The first-order valence-electron chi connectivity index (χ1n) is 8.94. The van der Waals surface area contributed by atoms with Crippen molar-refractivity contribution in [3.63, 3.8) is 0 Å². The fourth-order valence-electron chi connectivity index (χ4n) is 2.72. The third-order valence-electron chi connectivity index (χ3n) is 3.94. The summed E-state index contributed by atoms with van der Waals surface area (Å²) in [7, 11) is 0. The van der Waals surface area contributed by atoms with E-state index in [-0.39, 0.29) is 17.4 Å². The molecule has 0 unspecified atom stereocenters. The average Bonchev–Trinajstić information content (AvgIpc) is 3.08. The summed E-state index contributed by atoms with van der Waals surface area (Å²) in [6, 6.07) is 12.5. The molecule has 2 heterocycles. The molecule has 0 atom stereocenters. The van der Waals surface area contributed by atoms with E-state index < -0.39 is 5.91 Å². The van der Waals surface area contributed by atoms with Crippen LogP contribution in [0.3, 0.4) is 0 Å². The number of rotatable bonds is 7. The van der Waals surface area contributed by atoms with E-state index in [1.165, 1.54) is 0 Å². The Kier molecular flexibility index (Phi) is 5.71. The maximum absolute atomic E-state index is 12.9. The van der Waals surface area contributed by atoms with Gasteiger partial charge in [-0.15, -0.1) is 0 Å². The van der Waals surface area contributed by atoms with Gasteiger partial charge in [-0.1, -0.05) is 25.1 Å². The maximum Gasteiger partial charge on any atom is 0.292 e. The number of benzene rings is 1. The largest absolute Gasteiger partial charge is 0.492 e. The minimum absolute atomic E-state index is 0.138. The topological polar surface area (TPSA) is 84.7 Å². The van der Waals surface area contributed by atoms with Crippen molar-refractivity contribution in [2.45, 2.75) is 20.3 Å². The van der Waals surface area contributed by atoms with Crippen molar-refractivity contribution in [1.82, 2.24) is 14.7 Å². The van der Waals surface area contributed by atoms with Gasteiger partial charge in [0.1, 0.15) is 5.75 Å². The van der Waals surface area contributed by atoms with Crippen LogP contribution in [0.1, 0.15) is 41.4 Å². The van der Waals surface area contributed by atoms with Gasteiger partial charge in [-0.2, -0.15) is 0 Å². The van der Waals surface area contributed by atoms with Crippen LogP contribution in [0.4, 0.5) is 5.69 Å². The quantitative estimate of drug-likeness (QED) is 0.673. The van der Waals surface area contributed by atoms with Crippen LogP contribution in [0.5, 0.6) is 5.75 Å². The van der Waals surface area contributed by atoms with E-state index in [2.05, 4.69) is 15.6 Å². The molecule has 2 N–H and O–H groups in total. The van der Waals surface area contributed by atoms with Gasteiger partial charge < -0.3 is 15.4 Å². The van der Waals surface area contributed by atoms with E-state index in [1.54, 1.807) is 40.9 Å². The van der Waals surface area contributed by atoms with Crippen LogP contribution in [-0.4, -0.2) is 34.4 Å². The number of ether oxygens (including phenoxy) is 1. The van der Waals surface area contributed by atoms with Gasteiger partial charge in [0, 0.05) is 12.7 Å². The van der Waals surface area contributed by atoms with E-state index in [0.29, 0.717) is 30.1 Å². The molecule has 1 aromatic carbocycles. The number of imidazole rings is 1. The molecule has 3 rings (SSSR count).